The molecule has 0 bridgehead atoms. The maximum absolute atomic E-state index is 9.86. The molecule has 1 aromatic rings. The summed E-state index contributed by atoms with van der Waals surface area (Å²) in [5.74, 6) is 1.04. The molecular weight excluding hydrogens is 240 g/mol. The predicted octanol–water partition coefficient (Wildman–Crippen LogP) is 2.05. The summed E-state index contributed by atoms with van der Waals surface area (Å²) >= 11 is 0. The van der Waals surface area contributed by atoms with Gasteiger partial charge in [0.15, 0.2) is 0 Å². The van der Waals surface area contributed by atoms with Crippen LogP contribution in [0.1, 0.15) is 31.7 Å². The van der Waals surface area contributed by atoms with Crippen LogP contribution in [0.25, 0.3) is 0 Å². The fourth-order valence-electron chi connectivity index (χ4n) is 2.91. The van der Waals surface area contributed by atoms with Crippen molar-refractivity contribution in [3.8, 4) is 11.5 Å². The Morgan fingerprint density at radius 3 is 2.79 bits per heavy atom. The normalized spacial score (nSPS) is 24.5. The van der Waals surface area contributed by atoms with Crippen molar-refractivity contribution in [2.45, 2.75) is 38.8 Å². The third-order valence-corrected chi connectivity index (χ3v) is 4.24. The van der Waals surface area contributed by atoms with Crippen LogP contribution in [0.3, 0.4) is 0 Å². The Bertz CT molecular complexity index is 423. The van der Waals surface area contributed by atoms with Crippen LogP contribution in [0.4, 0.5) is 0 Å². The van der Waals surface area contributed by atoms with Gasteiger partial charge in [-0.1, -0.05) is 19.4 Å². The van der Waals surface area contributed by atoms with Gasteiger partial charge >= 0.3 is 0 Å². The van der Waals surface area contributed by atoms with Crippen LogP contribution in [0.5, 0.6) is 11.5 Å². The lowest BCUT2D eigenvalue weighted by molar-refractivity contribution is 0.106. The highest BCUT2D eigenvalue weighted by atomic mass is 16.3. The van der Waals surface area contributed by atoms with Crippen molar-refractivity contribution in [2.75, 3.05) is 13.1 Å². The summed E-state index contributed by atoms with van der Waals surface area (Å²) in [6.07, 6.45) is 3.56. The number of phenols is 2. The highest BCUT2D eigenvalue weighted by Gasteiger charge is 2.27. The van der Waals surface area contributed by atoms with E-state index in [0.29, 0.717) is 19.1 Å². The fourth-order valence-corrected chi connectivity index (χ4v) is 2.91. The van der Waals surface area contributed by atoms with Gasteiger partial charge in [-0.05, 0) is 31.4 Å². The zero-order valence-corrected chi connectivity index (χ0v) is 11.5. The summed E-state index contributed by atoms with van der Waals surface area (Å²) < 4.78 is 0. The molecular formula is C15H24N2O2. The first-order chi connectivity index (χ1) is 9.13. The van der Waals surface area contributed by atoms with E-state index in [9.17, 15) is 10.2 Å². The van der Waals surface area contributed by atoms with Gasteiger partial charge in [-0.25, -0.2) is 0 Å². The first-order valence-corrected chi connectivity index (χ1v) is 7.09. The number of hydrogen-bond donors (Lipinski definition) is 3. The Hall–Kier alpha value is -1.26. The molecule has 1 aliphatic rings. The quantitative estimate of drug-likeness (QED) is 0.778. The van der Waals surface area contributed by atoms with Gasteiger partial charge in [0.2, 0.25) is 0 Å². The molecule has 4 N–H and O–H groups in total. The summed E-state index contributed by atoms with van der Waals surface area (Å²) in [6, 6.07) is 5.19. The molecule has 2 atom stereocenters. The minimum absolute atomic E-state index is 0.0984. The summed E-state index contributed by atoms with van der Waals surface area (Å²) in [7, 11) is 0. The van der Waals surface area contributed by atoms with E-state index in [1.807, 2.05) is 0 Å². The minimum Gasteiger partial charge on any atom is -0.508 e. The second-order valence-corrected chi connectivity index (χ2v) is 5.47. The van der Waals surface area contributed by atoms with Crippen LogP contribution < -0.4 is 5.73 Å². The first-order valence-electron chi connectivity index (χ1n) is 7.09. The Kier molecular flexibility index (Phi) is 4.66. The van der Waals surface area contributed by atoms with Crippen LogP contribution in [0, 0.1) is 5.92 Å². The molecule has 106 valence electrons. The maximum atomic E-state index is 9.86. The van der Waals surface area contributed by atoms with E-state index in [4.69, 9.17) is 5.73 Å². The average molecular weight is 264 g/mol. The van der Waals surface area contributed by atoms with Crippen molar-refractivity contribution in [1.82, 2.24) is 4.90 Å². The van der Waals surface area contributed by atoms with Crippen molar-refractivity contribution in [3.63, 3.8) is 0 Å². The lowest BCUT2D eigenvalue weighted by Crippen LogP contribution is -2.46. The maximum Gasteiger partial charge on any atom is 0.123 e. The third kappa shape index (κ3) is 3.39. The first kappa shape index (κ1) is 14.2. The van der Waals surface area contributed by atoms with E-state index in [0.717, 1.165) is 24.4 Å². The molecule has 4 nitrogen and oxygen atoms in total. The number of piperidine rings is 1. The molecule has 1 aliphatic heterocycles. The van der Waals surface area contributed by atoms with Gasteiger partial charge in [0.25, 0.3) is 0 Å². The lowest BCUT2D eigenvalue weighted by Gasteiger charge is -2.39. The zero-order chi connectivity index (χ0) is 13.8. The molecule has 2 unspecified atom stereocenters. The Labute approximate surface area is 114 Å². The second kappa shape index (κ2) is 6.26. The molecule has 0 radical (unpaired) electrons. The van der Waals surface area contributed by atoms with Gasteiger partial charge in [0.1, 0.15) is 11.5 Å². The zero-order valence-electron chi connectivity index (χ0n) is 11.5. The lowest BCUT2D eigenvalue weighted by atomic mass is 9.88. The topological polar surface area (TPSA) is 69.7 Å². The number of rotatable bonds is 4. The van der Waals surface area contributed by atoms with Crippen molar-refractivity contribution >= 4 is 0 Å². The number of benzene rings is 1. The molecule has 2 rings (SSSR count). The summed E-state index contributed by atoms with van der Waals surface area (Å²) in [5.41, 5.74) is 6.74. The number of hydrogen-bond acceptors (Lipinski definition) is 4. The molecule has 1 saturated heterocycles. The standard InChI is InChI=1S/C15H24N2O2/c1-2-11-5-6-17(13(7-11)9-16)10-12-3-4-14(18)8-15(12)19/h3-4,8,11,13,18-19H,2,5-7,9-10,16H2,1H3. The highest BCUT2D eigenvalue weighted by Crippen LogP contribution is 2.29. The van der Waals surface area contributed by atoms with Crippen LogP contribution in [0.15, 0.2) is 18.2 Å². The van der Waals surface area contributed by atoms with Crippen LogP contribution in [0.2, 0.25) is 0 Å². The number of nitrogens with zero attached hydrogens (tertiary/aromatic N) is 1. The molecule has 1 aromatic carbocycles. The minimum atomic E-state index is 0.0984. The van der Waals surface area contributed by atoms with E-state index in [1.54, 1.807) is 12.1 Å². The van der Waals surface area contributed by atoms with Crippen LogP contribution >= 0.6 is 0 Å². The Morgan fingerprint density at radius 2 is 2.16 bits per heavy atom. The van der Waals surface area contributed by atoms with Gasteiger partial charge < -0.3 is 15.9 Å². The predicted molar refractivity (Wildman–Crippen MR) is 76.0 cm³/mol. The smallest absolute Gasteiger partial charge is 0.123 e. The van der Waals surface area contributed by atoms with Crippen LogP contribution in [-0.2, 0) is 6.54 Å². The van der Waals surface area contributed by atoms with E-state index >= 15 is 0 Å². The number of likely N-dealkylation sites (tertiary alicyclic amines) is 1. The molecule has 0 spiro atoms. The summed E-state index contributed by atoms with van der Waals surface area (Å²) in [6.45, 7) is 4.63. The molecule has 19 heavy (non-hydrogen) atoms. The van der Waals surface area contributed by atoms with E-state index in [2.05, 4.69) is 11.8 Å². The summed E-state index contributed by atoms with van der Waals surface area (Å²) in [5, 5.41) is 19.2. The van der Waals surface area contributed by atoms with E-state index in [1.165, 1.54) is 18.9 Å². The highest BCUT2D eigenvalue weighted by molar-refractivity contribution is 5.38. The molecule has 4 heteroatoms. The largest absolute Gasteiger partial charge is 0.508 e. The Balaban J connectivity index is 2.05. The van der Waals surface area contributed by atoms with E-state index < -0.39 is 0 Å². The monoisotopic (exact) mass is 264 g/mol. The number of aromatic hydroxyl groups is 2. The van der Waals surface area contributed by atoms with Gasteiger partial charge in [-0.2, -0.15) is 0 Å². The molecule has 1 fully saturated rings. The molecule has 0 saturated carbocycles. The second-order valence-electron chi connectivity index (χ2n) is 5.47. The number of phenolic OH excluding ortho intramolecular Hbond substituents is 2. The van der Waals surface area contributed by atoms with Crippen molar-refractivity contribution < 1.29 is 10.2 Å². The van der Waals surface area contributed by atoms with Gasteiger partial charge in [0, 0.05) is 30.8 Å². The van der Waals surface area contributed by atoms with Crippen LogP contribution in [-0.4, -0.2) is 34.2 Å². The molecule has 0 aromatic heterocycles. The third-order valence-electron chi connectivity index (χ3n) is 4.24. The molecule has 0 amide bonds. The molecule has 1 heterocycles. The average Bonchev–Trinajstić information content (AvgIpc) is 2.42. The van der Waals surface area contributed by atoms with Gasteiger partial charge in [-0.15, -0.1) is 0 Å². The number of nitrogens with two attached hydrogens (primary N) is 1. The van der Waals surface area contributed by atoms with Gasteiger partial charge in [-0.3, -0.25) is 4.90 Å². The Morgan fingerprint density at radius 1 is 1.37 bits per heavy atom. The molecule has 0 aliphatic carbocycles. The van der Waals surface area contributed by atoms with Crippen molar-refractivity contribution in [3.05, 3.63) is 23.8 Å². The SMILES string of the molecule is CCC1CCN(Cc2ccc(O)cc2O)C(CN)C1. The summed E-state index contributed by atoms with van der Waals surface area (Å²) in [4.78, 5) is 2.35. The fraction of sp³-hybridized carbons (Fsp3) is 0.600. The van der Waals surface area contributed by atoms with Crippen molar-refractivity contribution in [1.29, 1.82) is 0 Å². The van der Waals surface area contributed by atoms with Gasteiger partial charge in [0.05, 0.1) is 0 Å². The van der Waals surface area contributed by atoms with Crippen molar-refractivity contribution in [2.24, 2.45) is 11.7 Å². The van der Waals surface area contributed by atoms with E-state index in [-0.39, 0.29) is 11.5 Å².